The van der Waals surface area contributed by atoms with Gasteiger partial charge in [-0.2, -0.15) is 0 Å². The van der Waals surface area contributed by atoms with Gasteiger partial charge in [-0.1, -0.05) is 30.3 Å². The molecule has 5 heteroatoms. The molecule has 0 aliphatic carbocycles. The maximum absolute atomic E-state index is 11.7. The van der Waals surface area contributed by atoms with Crippen molar-refractivity contribution < 1.29 is 23.8 Å². The Kier molecular flexibility index (Phi) is 5.51. The van der Waals surface area contributed by atoms with Gasteiger partial charge < -0.3 is 14.2 Å². The van der Waals surface area contributed by atoms with Crippen LogP contribution in [0.15, 0.2) is 30.3 Å². The predicted molar refractivity (Wildman–Crippen MR) is 68.2 cm³/mol. The van der Waals surface area contributed by atoms with Crippen LogP contribution in [0.3, 0.4) is 0 Å². The fourth-order valence-corrected chi connectivity index (χ4v) is 1.60. The Labute approximate surface area is 112 Å². The summed E-state index contributed by atoms with van der Waals surface area (Å²) in [6.07, 6.45) is 0. The maximum Gasteiger partial charge on any atom is 0.325 e. The number of benzene rings is 1. The van der Waals surface area contributed by atoms with Gasteiger partial charge in [0.05, 0.1) is 27.4 Å². The molecule has 0 N–H and O–H groups in total. The largest absolute Gasteiger partial charge is 0.468 e. The fourth-order valence-electron chi connectivity index (χ4n) is 1.60. The Morgan fingerprint density at radius 1 is 1.05 bits per heavy atom. The van der Waals surface area contributed by atoms with E-state index in [1.807, 2.05) is 30.3 Å². The second-order valence-electron chi connectivity index (χ2n) is 4.29. The number of hydrogen-bond acceptors (Lipinski definition) is 5. The van der Waals surface area contributed by atoms with Crippen LogP contribution in [0.25, 0.3) is 0 Å². The molecule has 0 amide bonds. The van der Waals surface area contributed by atoms with Crippen LogP contribution in [-0.4, -0.2) is 32.8 Å². The molecule has 0 aliphatic heterocycles. The van der Waals surface area contributed by atoms with Gasteiger partial charge in [-0.25, -0.2) is 0 Å². The summed E-state index contributed by atoms with van der Waals surface area (Å²) in [4.78, 5) is 23.3. The van der Waals surface area contributed by atoms with Crippen LogP contribution in [0.1, 0.15) is 12.5 Å². The Balaban J connectivity index is 2.64. The van der Waals surface area contributed by atoms with Gasteiger partial charge in [0.1, 0.15) is 0 Å². The highest BCUT2D eigenvalue weighted by Gasteiger charge is 2.44. The lowest BCUT2D eigenvalue weighted by molar-refractivity contribution is -0.172. The van der Waals surface area contributed by atoms with E-state index in [9.17, 15) is 9.59 Å². The minimum absolute atomic E-state index is 0.0960. The van der Waals surface area contributed by atoms with Crippen molar-refractivity contribution in [3.8, 4) is 0 Å². The molecule has 0 atom stereocenters. The second kappa shape index (κ2) is 6.89. The van der Waals surface area contributed by atoms with Gasteiger partial charge in [0.15, 0.2) is 5.41 Å². The van der Waals surface area contributed by atoms with Gasteiger partial charge in [0.2, 0.25) is 0 Å². The van der Waals surface area contributed by atoms with Gasteiger partial charge in [0.25, 0.3) is 0 Å². The summed E-state index contributed by atoms with van der Waals surface area (Å²) < 4.78 is 14.7. The third-order valence-corrected chi connectivity index (χ3v) is 2.77. The lowest BCUT2D eigenvalue weighted by atomic mass is 9.92. The standard InChI is InChI=1S/C14H18O5/c1-14(12(15)17-2,13(16)18-3)10-19-9-11-7-5-4-6-8-11/h4-8H,9-10H2,1-3H3. The molecule has 0 saturated heterocycles. The first-order valence-corrected chi connectivity index (χ1v) is 5.83. The van der Waals surface area contributed by atoms with Crippen LogP contribution in [0.5, 0.6) is 0 Å². The molecule has 0 aliphatic rings. The highest BCUT2D eigenvalue weighted by atomic mass is 16.6. The van der Waals surface area contributed by atoms with E-state index in [4.69, 9.17) is 4.74 Å². The van der Waals surface area contributed by atoms with Crippen molar-refractivity contribution in [3.05, 3.63) is 35.9 Å². The average molecular weight is 266 g/mol. The SMILES string of the molecule is COC(=O)C(C)(COCc1ccccc1)C(=O)OC. The van der Waals surface area contributed by atoms with Crippen molar-refractivity contribution in [1.29, 1.82) is 0 Å². The van der Waals surface area contributed by atoms with Crippen LogP contribution < -0.4 is 0 Å². The first-order valence-electron chi connectivity index (χ1n) is 5.83. The molecule has 0 saturated carbocycles. The smallest absolute Gasteiger partial charge is 0.325 e. The first kappa shape index (κ1) is 15.2. The summed E-state index contributed by atoms with van der Waals surface area (Å²) in [5, 5.41) is 0. The molecule has 5 nitrogen and oxygen atoms in total. The summed E-state index contributed by atoms with van der Waals surface area (Å²) in [6, 6.07) is 9.47. The first-order chi connectivity index (χ1) is 9.04. The van der Waals surface area contributed by atoms with Crippen LogP contribution in [0.2, 0.25) is 0 Å². The quantitative estimate of drug-likeness (QED) is 0.577. The highest BCUT2D eigenvalue weighted by Crippen LogP contribution is 2.21. The van der Waals surface area contributed by atoms with Crippen LogP contribution in [0.4, 0.5) is 0 Å². The lowest BCUT2D eigenvalue weighted by Crippen LogP contribution is -2.42. The minimum Gasteiger partial charge on any atom is -0.468 e. The summed E-state index contributed by atoms with van der Waals surface area (Å²) >= 11 is 0. The van der Waals surface area contributed by atoms with Crippen molar-refractivity contribution in [2.75, 3.05) is 20.8 Å². The van der Waals surface area contributed by atoms with Crippen LogP contribution in [0, 0.1) is 5.41 Å². The number of methoxy groups -OCH3 is 2. The van der Waals surface area contributed by atoms with E-state index in [2.05, 4.69) is 9.47 Å². The Morgan fingerprint density at radius 3 is 2.05 bits per heavy atom. The molecule has 0 fully saturated rings. The molecule has 1 aromatic rings. The van der Waals surface area contributed by atoms with Gasteiger partial charge >= 0.3 is 11.9 Å². The Morgan fingerprint density at radius 2 is 1.58 bits per heavy atom. The number of carbonyl (C=O) groups excluding carboxylic acids is 2. The molecule has 0 radical (unpaired) electrons. The average Bonchev–Trinajstić information content (AvgIpc) is 2.46. The van der Waals surface area contributed by atoms with Crippen molar-refractivity contribution in [2.24, 2.45) is 5.41 Å². The van der Waals surface area contributed by atoms with E-state index >= 15 is 0 Å². The molecule has 0 aromatic heterocycles. The maximum atomic E-state index is 11.7. The predicted octanol–water partition coefficient (Wildman–Crippen LogP) is 1.56. The van der Waals surface area contributed by atoms with Crippen LogP contribution in [-0.2, 0) is 30.4 Å². The zero-order valence-corrected chi connectivity index (χ0v) is 11.3. The van der Waals surface area contributed by atoms with Gasteiger partial charge in [-0.05, 0) is 12.5 Å². The Hall–Kier alpha value is -1.88. The molecular weight excluding hydrogens is 248 g/mol. The monoisotopic (exact) mass is 266 g/mol. The van der Waals surface area contributed by atoms with Crippen molar-refractivity contribution in [2.45, 2.75) is 13.5 Å². The number of esters is 2. The van der Waals surface area contributed by atoms with Gasteiger partial charge in [0, 0.05) is 0 Å². The third kappa shape index (κ3) is 3.79. The van der Waals surface area contributed by atoms with E-state index in [1.165, 1.54) is 21.1 Å². The molecular formula is C14H18O5. The summed E-state index contributed by atoms with van der Waals surface area (Å²) in [7, 11) is 2.45. The van der Waals surface area contributed by atoms with Crippen molar-refractivity contribution >= 4 is 11.9 Å². The lowest BCUT2D eigenvalue weighted by Gasteiger charge is -2.23. The molecule has 19 heavy (non-hydrogen) atoms. The molecule has 1 aromatic carbocycles. The molecule has 0 spiro atoms. The van der Waals surface area contributed by atoms with Crippen molar-refractivity contribution in [1.82, 2.24) is 0 Å². The van der Waals surface area contributed by atoms with E-state index in [0.717, 1.165) is 5.56 Å². The molecule has 1 rings (SSSR count). The van der Waals surface area contributed by atoms with E-state index in [1.54, 1.807) is 0 Å². The zero-order chi connectivity index (χ0) is 14.3. The van der Waals surface area contributed by atoms with Crippen LogP contribution >= 0.6 is 0 Å². The van der Waals surface area contributed by atoms with Gasteiger partial charge in [-0.15, -0.1) is 0 Å². The summed E-state index contributed by atoms with van der Waals surface area (Å²) in [5.41, 5.74) is -0.488. The minimum atomic E-state index is -1.45. The normalized spacial score (nSPS) is 10.9. The third-order valence-electron chi connectivity index (χ3n) is 2.77. The molecule has 0 unspecified atom stereocenters. The fraction of sp³-hybridized carbons (Fsp3) is 0.429. The second-order valence-corrected chi connectivity index (χ2v) is 4.29. The number of rotatable bonds is 6. The zero-order valence-electron chi connectivity index (χ0n) is 11.3. The summed E-state index contributed by atoms with van der Waals surface area (Å²) in [6.45, 7) is 1.65. The molecule has 0 heterocycles. The van der Waals surface area contributed by atoms with Gasteiger partial charge in [-0.3, -0.25) is 9.59 Å². The van der Waals surface area contributed by atoms with E-state index < -0.39 is 17.4 Å². The number of hydrogen-bond donors (Lipinski definition) is 0. The Bertz CT molecular complexity index is 411. The highest BCUT2D eigenvalue weighted by molar-refractivity contribution is 5.99. The van der Waals surface area contributed by atoms with Crippen molar-refractivity contribution in [3.63, 3.8) is 0 Å². The van der Waals surface area contributed by atoms with E-state index in [-0.39, 0.29) is 6.61 Å². The number of carbonyl (C=O) groups is 2. The topological polar surface area (TPSA) is 61.8 Å². The molecule has 104 valence electrons. The van der Waals surface area contributed by atoms with E-state index in [0.29, 0.717) is 6.61 Å². The number of ether oxygens (including phenoxy) is 3. The summed E-state index contributed by atoms with van der Waals surface area (Å²) in [5.74, 6) is -1.35. The molecule has 0 bridgehead atoms.